The van der Waals surface area contributed by atoms with E-state index < -0.39 is 0 Å². The van der Waals surface area contributed by atoms with Gasteiger partial charge >= 0.3 is 0 Å². The third kappa shape index (κ3) is 1.68. The van der Waals surface area contributed by atoms with Gasteiger partial charge in [-0.2, -0.15) is 4.98 Å². The fourth-order valence-electron chi connectivity index (χ4n) is 1.32. The minimum Gasteiger partial charge on any atom is -0.480 e. The Hall–Kier alpha value is -0.640. The van der Waals surface area contributed by atoms with Crippen molar-refractivity contribution in [1.29, 1.82) is 0 Å². The second-order valence-corrected chi connectivity index (χ2v) is 4.05. The molecule has 0 N–H and O–H groups in total. The summed E-state index contributed by atoms with van der Waals surface area (Å²) < 4.78 is 6.07. The molecule has 1 fully saturated rings. The molecule has 4 heteroatoms. The molecular weight excluding hydrogens is 232 g/mol. The maximum Gasteiger partial charge on any atom is 0.231 e. The van der Waals surface area contributed by atoms with E-state index in [0.29, 0.717) is 11.8 Å². The Labute approximate surface area is 85.7 Å². The first-order chi connectivity index (χ1) is 6.22. The Bertz CT molecular complexity index is 337. The summed E-state index contributed by atoms with van der Waals surface area (Å²) in [7, 11) is 1.63. The molecule has 3 nitrogen and oxygen atoms in total. The van der Waals surface area contributed by atoms with Crippen LogP contribution in [0.4, 0.5) is 0 Å². The van der Waals surface area contributed by atoms with E-state index in [0.717, 1.165) is 16.0 Å². The Balaban J connectivity index is 2.47. The molecule has 13 heavy (non-hydrogen) atoms. The summed E-state index contributed by atoms with van der Waals surface area (Å²) in [6.45, 7) is 1.89. The van der Waals surface area contributed by atoms with Crippen LogP contribution in [-0.4, -0.2) is 17.1 Å². The molecule has 1 saturated carbocycles. The summed E-state index contributed by atoms with van der Waals surface area (Å²) >= 11 is 3.47. The summed E-state index contributed by atoms with van der Waals surface area (Å²) in [5.41, 5.74) is 1.10. The fourth-order valence-corrected chi connectivity index (χ4v) is 1.98. The zero-order valence-electron chi connectivity index (χ0n) is 7.67. The van der Waals surface area contributed by atoms with Crippen LogP contribution in [0.5, 0.6) is 5.88 Å². The number of nitrogens with zero attached hydrogens (tertiary/aromatic N) is 2. The van der Waals surface area contributed by atoms with E-state index in [1.54, 1.807) is 7.11 Å². The number of hydrogen-bond acceptors (Lipinski definition) is 3. The van der Waals surface area contributed by atoms with Crippen molar-refractivity contribution in [3.8, 4) is 5.88 Å². The molecule has 0 spiro atoms. The summed E-state index contributed by atoms with van der Waals surface area (Å²) in [6.07, 6.45) is 2.47. The van der Waals surface area contributed by atoms with E-state index in [4.69, 9.17) is 4.74 Å². The molecule has 70 valence electrons. The third-order valence-electron chi connectivity index (χ3n) is 2.12. The van der Waals surface area contributed by atoms with Gasteiger partial charge in [0, 0.05) is 5.92 Å². The minimum absolute atomic E-state index is 0.616. The number of halogens is 1. The topological polar surface area (TPSA) is 35.0 Å². The van der Waals surface area contributed by atoms with Crippen molar-refractivity contribution in [2.24, 2.45) is 0 Å². The zero-order valence-corrected chi connectivity index (χ0v) is 9.26. The molecular formula is C9H11BrN2O. The van der Waals surface area contributed by atoms with Crippen molar-refractivity contribution in [2.45, 2.75) is 25.7 Å². The number of hydrogen-bond donors (Lipinski definition) is 0. The van der Waals surface area contributed by atoms with Crippen LogP contribution in [0.1, 0.15) is 30.3 Å². The molecule has 0 amide bonds. The van der Waals surface area contributed by atoms with Crippen LogP contribution in [0.25, 0.3) is 0 Å². The van der Waals surface area contributed by atoms with Crippen molar-refractivity contribution in [3.63, 3.8) is 0 Å². The first kappa shape index (κ1) is 8.94. The molecule has 1 aliphatic carbocycles. The molecule has 1 aromatic rings. The monoisotopic (exact) mass is 242 g/mol. The molecule has 1 aromatic heterocycles. The maximum absolute atomic E-state index is 5.15. The minimum atomic E-state index is 0.616. The van der Waals surface area contributed by atoms with Crippen molar-refractivity contribution in [1.82, 2.24) is 9.97 Å². The lowest BCUT2D eigenvalue weighted by atomic mass is 10.3. The van der Waals surface area contributed by atoms with Crippen molar-refractivity contribution >= 4 is 15.9 Å². The molecule has 0 unspecified atom stereocenters. The number of aromatic nitrogens is 2. The van der Waals surface area contributed by atoms with Gasteiger partial charge in [-0.05, 0) is 35.7 Å². The van der Waals surface area contributed by atoms with Gasteiger partial charge in [-0.25, -0.2) is 4.98 Å². The number of rotatable bonds is 2. The second-order valence-electron chi connectivity index (χ2n) is 3.25. The second kappa shape index (κ2) is 3.25. The normalized spacial score (nSPS) is 15.9. The summed E-state index contributed by atoms with van der Waals surface area (Å²) in [4.78, 5) is 8.59. The molecule has 0 bridgehead atoms. The van der Waals surface area contributed by atoms with Gasteiger partial charge in [-0.15, -0.1) is 0 Å². The van der Waals surface area contributed by atoms with Crippen LogP contribution >= 0.6 is 15.9 Å². The van der Waals surface area contributed by atoms with Crippen LogP contribution in [0.3, 0.4) is 0 Å². The average molecular weight is 243 g/mol. The first-order valence-electron chi connectivity index (χ1n) is 4.30. The van der Waals surface area contributed by atoms with Gasteiger partial charge in [0.05, 0.1) is 12.8 Å². The van der Waals surface area contributed by atoms with Crippen LogP contribution in [-0.2, 0) is 0 Å². The lowest BCUT2D eigenvalue weighted by Crippen LogP contribution is -1.99. The Morgan fingerprint density at radius 3 is 2.62 bits per heavy atom. The molecule has 0 saturated heterocycles. The SMILES string of the molecule is COc1nc(C)nc(C2CC2)c1Br. The smallest absolute Gasteiger partial charge is 0.231 e. The van der Waals surface area contributed by atoms with Gasteiger partial charge in [0.1, 0.15) is 10.3 Å². The molecule has 0 atom stereocenters. The van der Waals surface area contributed by atoms with Gasteiger partial charge < -0.3 is 4.74 Å². The fraction of sp³-hybridized carbons (Fsp3) is 0.556. The molecule has 1 aliphatic rings. The van der Waals surface area contributed by atoms with Crippen LogP contribution in [0.2, 0.25) is 0 Å². The Morgan fingerprint density at radius 2 is 2.08 bits per heavy atom. The molecule has 1 heterocycles. The van der Waals surface area contributed by atoms with E-state index in [9.17, 15) is 0 Å². The number of ether oxygens (including phenoxy) is 1. The summed E-state index contributed by atoms with van der Waals surface area (Å²) in [6, 6.07) is 0. The highest BCUT2D eigenvalue weighted by atomic mass is 79.9. The van der Waals surface area contributed by atoms with E-state index in [1.165, 1.54) is 12.8 Å². The van der Waals surface area contributed by atoms with E-state index in [1.807, 2.05) is 6.92 Å². The third-order valence-corrected chi connectivity index (χ3v) is 2.86. The lowest BCUT2D eigenvalue weighted by Gasteiger charge is -2.07. The largest absolute Gasteiger partial charge is 0.480 e. The Kier molecular flexibility index (Phi) is 2.24. The summed E-state index contributed by atoms with van der Waals surface area (Å²) in [5, 5.41) is 0. The molecule has 0 aromatic carbocycles. The van der Waals surface area contributed by atoms with Crippen LogP contribution in [0, 0.1) is 6.92 Å². The van der Waals surface area contributed by atoms with Gasteiger partial charge in [0.2, 0.25) is 5.88 Å². The van der Waals surface area contributed by atoms with E-state index in [-0.39, 0.29) is 0 Å². The highest BCUT2D eigenvalue weighted by molar-refractivity contribution is 9.10. The standard InChI is InChI=1S/C9H11BrN2O/c1-5-11-8(6-3-4-6)7(10)9(12-5)13-2/h6H,3-4H2,1-2H3. The van der Waals surface area contributed by atoms with E-state index >= 15 is 0 Å². The van der Waals surface area contributed by atoms with Crippen molar-refractivity contribution in [3.05, 3.63) is 16.0 Å². The maximum atomic E-state index is 5.15. The van der Waals surface area contributed by atoms with Gasteiger partial charge in [0.25, 0.3) is 0 Å². The highest BCUT2D eigenvalue weighted by Gasteiger charge is 2.29. The predicted molar refractivity (Wildman–Crippen MR) is 53.0 cm³/mol. The number of methoxy groups -OCH3 is 1. The van der Waals surface area contributed by atoms with Gasteiger partial charge in [0.15, 0.2) is 0 Å². The van der Waals surface area contributed by atoms with E-state index in [2.05, 4.69) is 25.9 Å². The Morgan fingerprint density at radius 1 is 1.38 bits per heavy atom. The van der Waals surface area contributed by atoms with Crippen molar-refractivity contribution in [2.75, 3.05) is 7.11 Å². The average Bonchev–Trinajstić information content (AvgIpc) is 2.91. The zero-order chi connectivity index (χ0) is 9.42. The van der Waals surface area contributed by atoms with Gasteiger partial charge in [-0.3, -0.25) is 0 Å². The molecule has 2 rings (SSSR count). The molecule has 0 radical (unpaired) electrons. The predicted octanol–water partition coefficient (Wildman–Crippen LogP) is 2.43. The van der Waals surface area contributed by atoms with Crippen LogP contribution < -0.4 is 4.74 Å². The lowest BCUT2D eigenvalue weighted by molar-refractivity contribution is 0.391. The summed E-state index contributed by atoms with van der Waals surface area (Å²) in [5.74, 6) is 2.04. The van der Waals surface area contributed by atoms with Crippen molar-refractivity contribution < 1.29 is 4.74 Å². The highest BCUT2D eigenvalue weighted by Crippen LogP contribution is 2.44. The van der Waals surface area contributed by atoms with Gasteiger partial charge in [-0.1, -0.05) is 0 Å². The van der Waals surface area contributed by atoms with Crippen LogP contribution in [0.15, 0.2) is 4.47 Å². The quantitative estimate of drug-likeness (QED) is 0.800. The molecule has 0 aliphatic heterocycles. The first-order valence-corrected chi connectivity index (χ1v) is 5.09. The number of aryl methyl sites for hydroxylation is 1.